The highest BCUT2D eigenvalue weighted by Gasteiger charge is 2.17. The molecule has 7 rings (SSSR count). The van der Waals surface area contributed by atoms with E-state index in [0.29, 0.717) is 0 Å². The van der Waals surface area contributed by atoms with Crippen molar-refractivity contribution >= 4 is 33.3 Å². The van der Waals surface area contributed by atoms with Gasteiger partial charge in [-0.05, 0) is 59.2 Å². The van der Waals surface area contributed by atoms with Crippen LogP contribution in [0.15, 0.2) is 65.7 Å². The topological polar surface area (TPSA) is 83.1 Å². The lowest BCUT2D eigenvalue weighted by atomic mass is 9.85. The predicted molar refractivity (Wildman–Crippen MR) is 146 cm³/mol. The Bertz CT molecular complexity index is 1660. The molecule has 0 amide bonds. The zero-order valence-electron chi connectivity index (χ0n) is 19.9. The summed E-state index contributed by atoms with van der Waals surface area (Å²) in [7, 11) is 0. The summed E-state index contributed by atoms with van der Waals surface area (Å²) >= 11 is 1.66. The summed E-state index contributed by atoms with van der Waals surface area (Å²) in [5, 5.41) is 13.0. The zero-order valence-corrected chi connectivity index (χ0v) is 20.7. The molecule has 0 radical (unpaired) electrons. The minimum atomic E-state index is 0.738. The van der Waals surface area contributed by atoms with Gasteiger partial charge in [0.2, 0.25) is 0 Å². The van der Waals surface area contributed by atoms with Crippen LogP contribution in [0.4, 0.5) is 0 Å². The van der Waals surface area contributed by atoms with Crippen molar-refractivity contribution < 1.29 is 0 Å². The molecule has 1 aliphatic rings. The maximum atomic E-state index is 4.93. The van der Waals surface area contributed by atoms with Crippen molar-refractivity contribution in [2.45, 2.75) is 38.5 Å². The number of nitrogens with one attached hydrogen (secondary N) is 2. The molecule has 36 heavy (non-hydrogen) atoms. The van der Waals surface area contributed by atoms with Gasteiger partial charge in [0.1, 0.15) is 11.2 Å². The van der Waals surface area contributed by atoms with E-state index in [1.807, 2.05) is 24.7 Å². The second-order valence-corrected chi connectivity index (χ2v) is 10.6. The minimum Gasteiger partial charge on any atom is -0.336 e. The quantitative estimate of drug-likeness (QED) is 0.263. The Morgan fingerprint density at radius 3 is 2.72 bits per heavy atom. The van der Waals surface area contributed by atoms with Gasteiger partial charge in [-0.2, -0.15) is 16.4 Å². The Balaban J connectivity index is 1.26. The van der Waals surface area contributed by atoms with Gasteiger partial charge < -0.3 is 4.98 Å². The molecule has 0 saturated heterocycles. The van der Waals surface area contributed by atoms with E-state index in [2.05, 4.69) is 66.2 Å². The largest absolute Gasteiger partial charge is 0.336 e. The van der Waals surface area contributed by atoms with E-state index >= 15 is 0 Å². The summed E-state index contributed by atoms with van der Waals surface area (Å²) in [6, 6.07) is 12.8. The number of rotatable bonds is 5. The summed E-state index contributed by atoms with van der Waals surface area (Å²) in [6.45, 7) is 0. The van der Waals surface area contributed by atoms with Gasteiger partial charge in [0.05, 0.1) is 16.7 Å². The Morgan fingerprint density at radius 1 is 0.889 bits per heavy atom. The molecule has 0 spiro atoms. The lowest BCUT2D eigenvalue weighted by Crippen LogP contribution is -2.09. The molecule has 6 aromatic rings. The highest BCUT2D eigenvalue weighted by atomic mass is 32.1. The number of imidazole rings is 1. The van der Waals surface area contributed by atoms with Crippen LogP contribution in [0.2, 0.25) is 0 Å². The molecule has 1 saturated carbocycles. The molecule has 1 aliphatic carbocycles. The maximum Gasteiger partial charge on any atom is 0.159 e. The smallest absolute Gasteiger partial charge is 0.159 e. The lowest BCUT2D eigenvalue weighted by molar-refractivity contribution is 0.356. The van der Waals surface area contributed by atoms with Gasteiger partial charge in [-0.1, -0.05) is 38.2 Å². The van der Waals surface area contributed by atoms with Crippen molar-refractivity contribution in [3.8, 4) is 33.9 Å². The molecular formula is C29H26N6S. The molecule has 1 fully saturated rings. The van der Waals surface area contributed by atoms with Gasteiger partial charge in [0, 0.05) is 40.5 Å². The number of hydrogen-bond acceptors (Lipinski definition) is 5. The lowest BCUT2D eigenvalue weighted by Gasteiger charge is -2.21. The molecule has 0 bridgehead atoms. The highest BCUT2D eigenvalue weighted by Crippen LogP contribution is 2.33. The number of hydrogen-bond donors (Lipinski definition) is 2. The third-order valence-corrected chi connectivity index (χ3v) is 8.04. The first-order valence-corrected chi connectivity index (χ1v) is 13.6. The monoisotopic (exact) mass is 490 g/mol. The van der Waals surface area contributed by atoms with E-state index in [1.54, 1.807) is 11.3 Å². The molecule has 0 atom stereocenters. The highest BCUT2D eigenvalue weighted by molar-refractivity contribution is 7.08. The number of pyridine rings is 2. The Hall–Kier alpha value is -3.84. The second-order valence-electron chi connectivity index (χ2n) is 9.78. The van der Waals surface area contributed by atoms with Crippen molar-refractivity contribution in [2.24, 2.45) is 5.92 Å². The van der Waals surface area contributed by atoms with E-state index in [1.165, 1.54) is 37.7 Å². The first-order chi connectivity index (χ1) is 17.8. The van der Waals surface area contributed by atoms with E-state index < -0.39 is 0 Å². The summed E-state index contributed by atoms with van der Waals surface area (Å²) in [4.78, 5) is 17.6. The SMILES string of the molecule is c1cc2[nH]c(-c3n[nH]c4ccc(-c5cncc(CC6CCCCC6)c5)cc34)nc2c(-c2ccsc2)n1. The Labute approximate surface area is 212 Å². The average molecular weight is 491 g/mol. The number of aromatic nitrogens is 6. The molecule has 5 heterocycles. The number of fused-ring (bicyclic) bond motifs is 2. The average Bonchev–Trinajstić information content (AvgIpc) is 3.68. The van der Waals surface area contributed by atoms with Crippen LogP contribution in [0.1, 0.15) is 37.7 Å². The summed E-state index contributed by atoms with van der Waals surface area (Å²) in [5.74, 6) is 1.53. The van der Waals surface area contributed by atoms with E-state index in [4.69, 9.17) is 4.98 Å². The zero-order chi connectivity index (χ0) is 23.9. The van der Waals surface area contributed by atoms with Crippen LogP contribution >= 0.6 is 11.3 Å². The standard InChI is InChI=1S/C29H26N6S/c1-2-4-18(5-3-1)12-19-13-22(16-30-15-19)20-6-7-24-23(14-20)27(35-34-24)29-32-25-8-10-31-26(28(25)33-29)21-9-11-36-17-21/h6-11,13-18H,1-5,12H2,(H,32,33)(H,34,35). The van der Waals surface area contributed by atoms with Gasteiger partial charge in [0.15, 0.2) is 5.82 Å². The number of aromatic amines is 2. The number of benzene rings is 1. The molecule has 0 unspecified atom stereocenters. The van der Waals surface area contributed by atoms with Gasteiger partial charge in [-0.15, -0.1) is 0 Å². The Morgan fingerprint density at radius 2 is 1.83 bits per heavy atom. The second kappa shape index (κ2) is 8.99. The fourth-order valence-electron chi connectivity index (χ4n) is 5.51. The first kappa shape index (κ1) is 21.4. The summed E-state index contributed by atoms with van der Waals surface area (Å²) in [5.41, 5.74) is 9.19. The molecular weight excluding hydrogens is 464 g/mol. The fourth-order valence-corrected chi connectivity index (χ4v) is 6.15. The third kappa shape index (κ3) is 3.89. The molecule has 6 nitrogen and oxygen atoms in total. The molecule has 178 valence electrons. The van der Waals surface area contributed by atoms with Crippen LogP contribution in [-0.2, 0) is 6.42 Å². The van der Waals surface area contributed by atoms with Crippen molar-refractivity contribution in [3.63, 3.8) is 0 Å². The molecule has 1 aromatic carbocycles. The van der Waals surface area contributed by atoms with Crippen molar-refractivity contribution in [1.82, 2.24) is 30.1 Å². The molecule has 0 aliphatic heterocycles. The van der Waals surface area contributed by atoms with Crippen LogP contribution in [0.25, 0.3) is 55.8 Å². The van der Waals surface area contributed by atoms with Gasteiger partial charge >= 0.3 is 0 Å². The number of thiophene rings is 1. The van der Waals surface area contributed by atoms with Crippen molar-refractivity contribution in [1.29, 1.82) is 0 Å². The Kier molecular flexibility index (Phi) is 5.35. The number of H-pyrrole nitrogens is 2. The molecule has 2 N–H and O–H groups in total. The van der Waals surface area contributed by atoms with Crippen LogP contribution in [0.5, 0.6) is 0 Å². The third-order valence-electron chi connectivity index (χ3n) is 7.36. The summed E-state index contributed by atoms with van der Waals surface area (Å²) in [6.07, 6.45) is 13.8. The van der Waals surface area contributed by atoms with Crippen LogP contribution in [0.3, 0.4) is 0 Å². The van der Waals surface area contributed by atoms with Gasteiger partial charge in [0.25, 0.3) is 0 Å². The number of nitrogens with zero attached hydrogens (tertiary/aromatic N) is 4. The molecule has 7 heteroatoms. The minimum absolute atomic E-state index is 0.738. The van der Waals surface area contributed by atoms with Crippen LogP contribution in [0, 0.1) is 5.92 Å². The van der Waals surface area contributed by atoms with Crippen molar-refractivity contribution in [2.75, 3.05) is 0 Å². The van der Waals surface area contributed by atoms with Crippen LogP contribution < -0.4 is 0 Å². The summed E-state index contributed by atoms with van der Waals surface area (Å²) < 4.78 is 0. The molecule has 5 aromatic heterocycles. The van der Waals surface area contributed by atoms with E-state index in [0.717, 1.165) is 68.2 Å². The van der Waals surface area contributed by atoms with E-state index in [-0.39, 0.29) is 0 Å². The normalized spacial score (nSPS) is 14.7. The van der Waals surface area contributed by atoms with Gasteiger partial charge in [-0.3, -0.25) is 15.1 Å². The van der Waals surface area contributed by atoms with Gasteiger partial charge in [-0.25, -0.2) is 4.98 Å². The first-order valence-electron chi connectivity index (χ1n) is 12.6. The van der Waals surface area contributed by atoms with Crippen LogP contribution in [-0.4, -0.2) is 30.1 Å². The fraction of sp³-hybridized carbons (Fsp3) is 0.241. The maximum absolute atomic E-state index is 4.93. The van der Waals surface area contributed by atoms with E-state index in [9.17, 15) is 0 Å². The predicted octanol–water partition coefficient (Wildman–Crippen LogP) is 7.41. The van der Waals surface area contributed by atoms with Crippen molar-refractivity contribution in [3.05, 3.63) is 71.3 Å².